The first-order valence-corrected chi connectivity index (χ1v) is 10.0. The second-order valence-electron chi connectivity index (χ2n) is 7.09. The molecule has 156 valence electrons. The number of rotatable bonds is 10. The highest BCUT2D eigenvalue weighted by Gasteiger charge is 2.33. The van der Waals surface area contributed by atoms with E-state index in [0.717, 1.165) is 12.8 Å². The molecule has 1 heterocycles. The van der Waals surface area contributed by atoms with Gasteiger partial charge in [0.1, 0.15) is 11.4 Å². The van der Waals surface area contributed by atoms with Crippen LogP contribution >= 0.6 is 0 Å². The van der Waals surface area contributed by atoms with E-state index in [-0.39, 0.29) is 18.4 Å². The highest BCUT2D eigenvalue weighted by atomic mass is 16.5. The van der Waals surface area contributed by atoms with Gasteiger partial charge in [0.05, 0.1) is 13.2 Å². The fourth-order valence-electron chi connectivity index (χ4n) is 3.00. The number of nitrogens with zero attached hydrogens (tertiary/aromatic N) is 1. The number of hydrogen-bond acceptors (Lipinski definition) is 5. The van der Waals surface area contributed by atoms with Crippen molar-refractivity contribution in [2.45, 2.75) is 45.6 Å². The summed E-state index contributed by atoms with van der Waals surface area (Å²) >= 11 is 0. The molecule has 0 bridgehead atoms. The van der Waals surface area contributed by atoms with Crippen molar-refractivity contribution in [3.63, 3.8) is 0 Å². The standard InChI is InChI=1S/C21H32N2O5/c1-4-10-21(3,28-13-5-2)20(25)22-17-6-8-18(9-7-17)27-16-19(24)23-11-14-26-15-12-23/h6-9H,4-5,10-16H2,1-3H3,(H,22,25)/t21-/m1/s1. The van der Waals surface area contributed by atoms with E-state index in [1.807, 2.05) is 20.8 Å². The van der Waals surface area contributed by atoms with Crippen molar-refractivity contribution in [3.05, 3.63) is 24.3 Å². The summed E-state index contributed by atoms with van der Waals surface area (Å²) in [6, 6.07) is 7.01. The minimum Gasteiger partial charge on any atom is -0.484 e. The molecule has 0 saturated carbocycles. The molecule has 0 radical (unpaired) electrons. The van der Waals surface area contributed by atoms with Crippen LogP contribution in [-0.2, 0) is 19.1 Å². The van der Waals surface area contributed by atoms with Crippen molar-refractivity contribution in [3.8, 4) is 5.75 Å². The summed E-state index contributed by atoms with van der Waals surface area (Å²) < 4.78 is 16.6. The maximum absolute atomic E-state index is 12.7. The quantitative estimate of drug-likeness (QED) is 0.663. The summed E-state index contributed by atoms with van der Waals surface area (Å²) in [6.07, 6.45) is 2.38. The summed E-state index contributed by atoms with van der Waals surface area (Å²) in [6.45, 7) is 8.76. The van der Waals surface area contributed by atoms with Crippen LogP contribution in [0.2, 0.25) is 0 Å². The predicted molar refractivity (Wildman–Crippen MR) is 108 cm³/mol. The highest BCUT2D eigenvalue weighted by molar-refractivity contribution is 5.97. The Morgan fingerprint density at radius 1 is 1.14 bits per heavy atom. The van der Waals surface area contributed by atoms with Gasteiger partial charge < -0.3 is 24.4 Å². The summed E-state index contributed by atoms with van der Waals surface area (Å²) in [5.41, 5.74) is -0.177. The first-order chi connectivity index (χ1) is 13.5. The average Bonchev–Trinajstić information content (AvgIpc) is 2.72. The molecule has 28 heavy (non-hydrogen) atoms. The van der Waals surface area contributed by atoms with Gasteiger partial charge in [-0.25, -0.2) is 0 Å². The average molecular weight is 392 g/mol. The number of carbonyl (C=O) groups is 2. The second-order valence-corrected chi connectivity index (χ2v) is 7.09. The lowest BCUT2D eigenvalue weighted by Gasteiger charge is -2.28. The van der Waals surface area contributed by atoms with Crippen LogP contribution < -0.4 is 10.1 Å². The van der Waals surface area contributed by atoms with Crippen molar-refractivity contribution in [1.82, 2.24) is 4.90 Å². The van der Waals surface area contributed by atoms with Gasteiger partial charge in [-0.15, -0.1) is 0 Å². The molecule has 1 aliphatic heterocycles. The van der Waals surface area contributed by atoms with Gasteiger partial charge in [-0.3, -0.25) is 9.59 Å². The smallest absolute Gasteiger partial charge is 0.260 e. The molecule has 1 saturated heterocycles. The minimum atomic E-state index is -0.843. The van der Waals surface area contributed by atoms with E-state index in [0.29, 0.717) is 50.8 Å². The molecule has 1 aromatic carbocycles. The molecule has 1 aromatic rings. The predicted octanol–water partition coefficient (Wildman–Crippen LogP) is 2.85. The second kappa shape index (κ2) is 11.0. The zero-order valence-corrected chi connectivity index (χ0v) is 17.2. The van der Waals surface area contributed by atoms with E-state index < -0.39 is 5.60 Å². The fourth-order valence-corrected chi connectivity index (χ4v) is 3.00. The number of hydrogen-bond donors (Lipinski definition) is 1. The number of nitrogens with one attached hydrogen (secondary N) is 1. The Morgan fingerprint density at radius 2 is 1.82 bits per heavy atom. The van der Waals surface area contributed by atoms with Gasteiger partial charge in [-0.05, 0) is 44.0 Å². The molecule has 0 spiro atoms. The number of carbonyl (C=O) groups excluding carboxylic acids is 2. The molecular formula is C21H32N2O5. The summed E-state index contributed by atoms with van der Waals surface area (Å²) in [5.74, 6) is 0.376. The Bertz CT molecular complexity index is 628. The number of ether oxygens (including phenoxy) is 3. The van der Waals surface area contributed by atoms with Gasteiger partial charge in [-0.1, -0.05) is 20.3 Å². The Kier molecular flexibility index (Phi) is 8.73. The van der Waals surface area contributed by atoms with Crippen LogP contribution in [0.25, 0.3) is 0 Å². The van der Waals surface area contributed by atoms with E-state index in [4.69, 9.17) is 14.2 Å². The zero-order chi connectivity index (χ0) is 20.4. The largest absolute Gasteiger partial charge is 0.484 e. The van der Waals surface area contributed by atoms with Crippen molar-refractivity contribution in [2.75, 3.05) is 44.8 Å². The molecule has 2 rings (SSSR count). The van der Waals surface area contributed by atoms with Crippen molar-refractivity contribution in [2.24, 2.45) is 0 Å². The lowest BCUT2D eigenvalue weighted by atomic mass is 9.99. The first-order valence-electron chi connectivity index (χ1n) is 10.0. The maximum atomic E-state index is 12.7. The third-order valence-electron chi connectivity index (χ3n) is 4.67. The van der Waals surface area contributed by atoms with Gasteiger partial charge in [-0.2, -0.15) is 0 Å². The Balaban J connectivity index is 1.87. The lowest BCUT2D eigenvalue weighted by molar-refractivity contribution is -0.140. The number of amides is 2. The molecule has 1 aliphatic rings. The van der Waals surface area contributed by atoms with Crippen LogP contribution in [0.1, 0.15) is 40.0 Å². The Morgan fingerprint density at radius 3 is 2.43 bits per heavy atom. The van der Waals surface area contributed by atoms with E-state index in [1.54, 1.807) is 29.2 Å². The van der Waals surface area contributed by atoms with Crippen molar-refractivity contribution >= 4 is 17.5 Å². The lowest BCUT2D eigenvalue weighted by Crippen LogP contribution is -2.43. The number of anilines is 1. The van der Waals surface area contributed by atoms with Crippen LogP contribution in [0.5, 0.6) is 5.75 Å². The van der Waals surface area contributed by atoms with Crippen LogP contribution in [0.4, 0.5) is 5.69 Å². The first kappa shape index (κ1) is 22.2. The van der Waals surface area contributed by atoms with Crippen molar-refractivity contribution in [1.29, 1.82) is 0 Å². The normalized spacial score (nSPS) is 16.3. The van der Waals surface area contributed by atoms with Crippen molar-refractivity contribution < 1.29 is 23.8 Å². The molecule has 1 N–H and O–H groups in total. The molecule has 0 aromatic heterocycles. The number of benzene rings is 1. The highest BCUT2D eigenvalue weighted by Crippen LogP contribution is 2.22. The molecule has 2 amide bonds. The molecule has 1 atom stereocenters. The van der Waals surface area contributed by atoms with Gasteiger partial charge in [0.25, 0.3) is 11.8 Å². The van der Waals surface area contributed by atoms with Gasteiger partial charge >= 0.3 is 0 Å². The van der Waals surface area contributed by atoms with Crippen LogP contribution in [0.3, 0.4) is 0 Å². The summed E-state index contributed by atoms with van der Waals surface area (Å²) in [7, 11) is 0. The molecule has 1 fully saturated rings. The SMILES string of the molecule is CCCO[C@](C)(CCC)C(=O)Nc1ccc(OCC(=O)N2CCOCC2)cc1. The van der Waals surface area contributed by atoms with E-state index >= 15 is 0 Å². The van der Waals surface area contributed by atoms with Gasteiger partial charge in [0.15, 0.2) is 6.61 Å². The van der Waals surface area contributed by atoms with Gasteiger partial charge in [0.2, 0.25) is 0 Å². The zero-order valence-electron chi connectivity index (χ0n) is 17.2. The van der Waals surface area contributed by atoms with Crippen LogP contribution in [-0.4, -0.2) is 61.8 Å². The van der Waals surface area contributed by atoms with Crippen LogP contribution in [0, 0.1) is 0 Å². The monoisotopic (exact) mass is 392 g/mol. The molecule has 0 aliphatic carbocycles. The Labute approximate surface area is 167 Å². The van der Waals surface area contributed by atoms with Gasteiger partial charge in [0, 0.05) is 25.4 Å². The van der Waals surface area contributed by atoms with E-state index in [1.165, 1.54) is 0 Å². The van der Waals surface area contributed by atoms with E-state index in [2.05, 4.69) is 5.32 Å². The fraction of sp³-hybridized carbons (Fsp3) is 0.619. The summed E-state index contributed by atoms with van der Waals surface area (Å²) in [4.78, 5) is 26.5. The maximum Gasteiger partial charge on any atom is 0.260 e. The third kappa shape index (κ3) is 6.49. The molecular weight excluding hydrogens is 360 g/mol. The third-order valence-corrected chi connectivity index (χ3v) is 4.67. The van der Waals surface area contributed by atoms with E-state index in [9.17, 15) is 9.59 Å². The topological polar surface area (TPSA) is 77.1 Å². The molecule has 0 unspecified atom stereocenters. The minimum absolute atomic E-state index is 0.00879. The summed E-state index contributed by atoms with van der Waals surface area (Å²) in [5, 5.41) is 2.91. The molecule has 7 nitrogen and oxygen atoms in total. The Hall–Kier alpha value is -2.12. The van der Waals surface area contributed by atoms with Crippen LogP contribution in [0.15, 0.2) is 24.3 Å². The molecule has 7 heteroatoms. The number of morpholine rings is 1.